The molecule has 1 aliphatic rings. The second kappa shape index (κ2) is 7.04. The van der Waals surface area contributed by atoms with E-state index in [1.54, 1.807) is 0 Å². The smallest absolute Gasteiger partial charge is 0.248 e. The van der Waals surface area contributed by atoms with E-state index in [-0.39, 0.29) is 37.1 Å². The number of carbonyl (C=O) groups is 1. The summed E-state index contributed by atoms with van der Waals surface area (Å²) < 4.78 is 5.26. The summed E-state index contributed by atoms with van der Waals surface area (Å²) in [5.41, 5.74) is 5.75. The van der Waals surface area contributed by atoms with E-state index in [9.17, 15) is 4.79 Å². The van der Waals surface area contributed by atoms with E-state index >= 15 is 0 Å². The predicted molar refractivity (Wildman–Crippen MR) is 62.1 cm³/mol. The van der Waals surface area contributed by atoms with Crippen molar-refractivity contribution in [1.82, 2.24) is 4.90 Å². The molecule has 1 aliphatic heterocycles. The molecule has 0 unspecified atom stereocenters. The van der Waals surface area contributed by atoms with E-state index < -0.39 is 0 Å². The van der Waals surface area contributed by atoms with Crippen LogP contribution in [-0.4, -0.2) is 42.6 Å². The van der Waals surface area contributed by atoms with Crippen LogP contribution in [0.1, 0.15) is 26.7 Å². The van der Waals surface area contributed by atoms with Gasteiger partial charge in [0.05, 0.1) is 6.10 Å². The number of ether oxygens (including phenoxy) is 1. The molecule has 0 saturated carbocycles. The minimum absolute atomic E-state index is 0. The number of nitrogens with two attached hydrogens (primary N) is 1. The van der Waals surface area contributed by atoms with E-state index in [0.717, 1.165) is 25.9 Å². The SMILES string of the molecule is CC(C)OCC(=O)N1CCC(N)CC1.Cl. The molecule has 0 atom stereocenters. The van der Waals surface area contributed by atoms with Gasteiger partial charge >= 0.3 is 0 Å². The number of rotatable bonds is 3. The highest BCUT2D eigenvalue weighted by atomic mass is 35.5. The summed E-state index contributed by atoms with van der Waals surface area (Å²) in [6, 6.07) is 0.269. The topological polar surface area (TPSA) is 55.6 Å². The van der Waals surface area contributed by atoms with Crippen molar-refractivity contribution in [2.24, 2.45) is 5.73 Å². The summed E-state index contributed by atoms with van der Waals surface area (Å²) in [5.74, 6) is 0.0885. The van der Waals surface area contributed by atoms with Gasteiger partial charge in [-0.05, 0) is 26.7 Å². The monoisotopic (exact) mass is 236 g/mol. The molecule has 1 heterocycles. The van der Waals surface area contributed by atoms with Gasteiger partial charge in [0.1, 0.15) is 6.61 Å². The van der Waals surface area contributed by atoms with Gasteiger partial charge in [0.2, 0.25) is 5.91 Å². The number of hydrogen-bond donors (Lipinski definition) is 1. The first kappa shape index (κ1) is 14.7. The molecule has 15 heavy (non-hydrogen) atoms. The Labute approximate surface area is 97.5 Å². The molecule has 1 amide bonds. The van der Waals surface area contributed by atoms with Crippen LogP contribution in [0.4, 0.5) is 0 Å². The van der Waals surface area contributed by atoms with Gasteiger partial charge in [-0.3, -0.25) is 4.79 Å². The van der Waals surface area contributed by atoms with Crippen molar-refractivity contribution in [3.63, 3.8) is 0 Å². The van der Waals surface area contributed by atoms with Gasteiger partial charge in [-0.1, -0.05) is 0 Å². The Kier molecular flexibility index (Phi) is 6.89. The number of carbonyl (C=O) groups excluding carboxylic acids is 1. The summed E-state index contributed by atoms with van der Waals surface area (Å²) in [7, 11) is 0. The van der Waals surface area contributed by atoms with E-state index in [4.69, 9.17) is 10.5 Å². The molecular formula is C10H21ClN2O2. The van der Waals surface area contributed by atoms with Crippen molar-refractivity contribution in [3.8, 4) is 0 Å². The number of amides is 1. The minimum atomic E-state index is 0. The molecule has 0 spiro atoms. The highest BCUT2D eigenvalue weighted by Gasteiger charge is 2.20. The molecule has 5 heteroatoms. The fourth-order valence-electron chi connectivity index (χ4n) is 1.48. The standard InChI is InChI=1S/C10H20N2O2.ClH/c1-8(2)14-7-10(13)12-5-3-9(11)4-6-12;/h8-9H,3-7,11H2,1-2H3;1H. The van der Waals surface area contributed by atoms with Crippen LogP contribution in [-0.2, 0) is 9.53 Å². The van der Waals surface area contributed by atoms with Gasteiger partial charge in [0.25, 0.3) is 0 Å². The average Bonchev–Trinajstić information content (AvgIpc) is 2.15. The highest BCUT2D eigenvalue weighted by molar-refractivity contribution is 5.85. The van der Waals surface area contributed by atoms with Gasteiger partial charge in [-0.2, -0.15) is 0 Å². The van der Waals surface area contributed by atoms with Crippen molar-refractivity contribution in [1.29, 1.82) is 0 Å². The highest BCUT2D eigenvalue weighted by Crippen LogP contribution is 2.08. The Hall–Kier alpha value is -0.320. The molecule has 0 aliphatic carbocycles. The summed E-state index contributed by atoms with van der Waals surface area (Å²) >= 11 is 0. The van der Waals surface area contributed by atoms with Gasteiger partial charge in [-0.15, -0.1) is 12.4 Å². The largest absolute Gasteiger partial charge is 0.369 e. The molecule has 1 fully saturated rings. The van der Waals surface area contributed by atoms with Gasteiger partial charge < -0.3 is 15.4 Å². The number of piperidine rings is 1. The Morgan fingerprint density at radius 1 is 1.47 bits per heavy atom. The maximum atomic E-state index is 11.6. The molecule has 2 N–H and O–H groups in total. The van der Waals surface area contributed by atoms with Crippen LogP contribution >= 0.6 is 12.4 Å². The zero-order valence-electron chi connectivity index (χ0n) is 9.44. The Balaban J connectivity index is 0.00000196. The average molecular weight is 237 g/mol. The first-order valence-electron chi connectivity index (χ1n) is 5.24. The predicted octanol–water partition coefficient (Wildman–Crippen LogP) is 0.783. The number of likely N-dealkylation sites (tertiary alicyclic amines) is 1. The van der Waals surface area contributed by atoms with Crippen molar-refractivity contribution in [2.75, 3.05) is 19.7 Å². The lowest BCUT2D eigenvalue weighted by Gasteiger charge is -2.30. The summed E-state index contributed by atoms with van der Waals surface area (Å²) in [5, 5.41) is 0. The Bertz CT molecular complexity index is 192. The summed E-state index contributed by atoms with van der Waals surface area (Å²) in [6.07, 6.45) is 1.94. The lowest BCUT2D eigenvalue weighted by molar-refractivity contribution is -0.138. The third-order valence-corrected chi connectivity index (χ3v) is 2.43. The molecule has 0 aromatic heterocycles. The van der Waals surface area contributed by atoms with Crippen molar-refractivity contribution < 1.29 is 9.53 Å². The normalized spacial score (nSPS) is 17.7. The maximum absolute atomic E-state index is 11.6. The van der Waals surface area contributed by atoms with E-state index in [2.05, 4.69) is 0 Å². The summed E-state index contributed by atoms with van der Waals surface area (Å²) in [4.78, 5) is 13.4. The molecule has 4 nitrogen and oxygen atoms in total. The van der Waals surface area contributed by atoms with Crippen LogP contribution in [0, 0.1) is 0 Å². The third-order valence-electron chi connectivity index (χ3n) is 2.43. The molecule has 1 rings (SSSR count). The van der Waals surface area contributed by atoms with Crippen LogP contribution in [0.15, 0.2) is 0 Å². The van der Waals surface area contributed by atoms with Crippen LogP contribution in [0.2, 0.25) is 0 Å². The zero-order chi connectivity index (χ0) is 10.6. The lowest BCUT2D eigenvalue weighted by Crippen LogP contribution is -2.44. The number of nitrogens with zero attached hydrogens (tertiary/aromatic N) is 1. The molecule has 0 bridgehead atoms. The summed E-state index contributed by atoms with van der Waals surface area (Å²) in [6.45, 7) is 5.62. The van der Waals surface area contributed by atoms with Gasteiger partial charge in [0.15, 0.2) is 0 Å². The quantitative estimate of drug-likeness (QED) is 0.788. The minimum Gasteiger partial charge on any atom is -0.369 e. The molecule has 1 saturated heterocycles. The number of hydrogen-bond acceptors (Lipinski definition) is 3. The third kappa shape index (κ3) is 5.35. The number of halogens is 1. The Morgan fingerprint density at radius 3 is 2.47 bits per heavy atom. The van der Waals surface area contributed by atoms with Crippen molar-refractivity contribution in [2.45, 2.75) is 38.8 Å². The Morgan fingerprint density at radius 2 is 2.00 bits per heavy atom. The molecular weight excluding hydrogens is 216 g/mol. The van der Waals surface area contributed by atoms with Crippen LogP contribution in [0.25, 0.3) is 0 Å². The maximum Gasteiger partial charge on any atom is 0.248 e. The van der Waals surface area contributed by atoms with E-state index in [1.165, 1.54) is 0 Å². The molecule has 90 valence electrons. The first-order chi connectivity index (χ1) is 6.59. The second-order valence-electron chi connectivity index (χ2n) is 4.08. The fourth-order valence-corrected chi connectivity index (χ4v) is 1.48. The van der Waals surface area contributed by atoms with Gasteiger partial charge in [-0.25, -0.2) is 0 Å². The van der Waals surface area contributed by atoms with Crippen molar-refractivity contribution in [3.05, 3.63) is 0 Å². The van der Waals surface area contributed by atoms with Crippen LogP contribution in [0.5, 0.6) is 0 Å². The van der Waals surface area contributed by atoms with Crippen molar-refractivity contribution >= 4 is 18.3 Å². The fraction of sp³-hybridized carbons (Fsp3) is 0.900. The lowest BCUT2D eigenvalue weighted by atomic mass is 10.1. The van der Waals surface area contributed by atoms with E-state index in [0.29, 0.717) is 0 Å². The molecule has 0 radical (unpaired) electrons. The van der Waals surface area contributed by atoms with E-state index in [1.807, 2.05) is 18.7 Å². The first-order valence-corrected chi connectivity index (χ1v) is 5.24. The van der Waals surface area contributed by atoms with Crippen LogP contribution < -0.4 is 5.73 Å². The molecule has 0 aromatic rings. The zero-order valence-corrected chi connectivity index (χ0v) is 10.3. The second-order valence-corrected chi connectivity index (χ2v) is 4.08. The van der Waals surface area contributed by atoms with Gasteiger partial charge in [0, 0.05) is 19.1 Å². The molecule has 0 aromatic carbocycles. The van der Waals surface area contributed by atoms with Crippen LogP contribution in [0.3, 0.4) is 0 Å².